The Bertz CT molecular complexity index is 419. The summed E-state index contributed by atoms with van der Waals surface area (Å²) in [6.07, 6.45) is -1.26. The van der Waals surface area contributed by atoms with Crippen LogP contribution in [0.5, 0.6) is 5.75 Å². The van der Waals surface area contributed by atoms with E-state index in [0.29, 0.717) is 11.3 Å². The van der Waals surface area contributed by atoms with E-state index in [0.717, 1.165) is 0 Å². The first-order valence-electron chi connectivity index (χ1n) is 4.30. The van der Waals surface area contributed by atoms with Gasteiger partial charge in [0.1, 0.15) is 11.9 Å². The molecular weight excluding hydrogens is 198 g/mol. The standard InChI is InChI=1S/C9H9N3O3/c10-8(13)11-7-5-3-1-2-4-6(5)15-9(14)12-7/h1-4,7H,(H,12,14)(H3,10,11,13)/t7-/m0/s1. The SMILES string of the molecule is NC(=O)N[C@H]1NC(=O)Oc2ccccc21. The molecule has 1 aliphatic heterocycles. The number of urea groups is 1. The number of rotatable bonds is 1. The number of carbonyl (C=O) groups is 2. The lowest BCUT2D eigenvalue weighted by atomic mass is 10.1. The topological polar surface area (TPSA) is 93.5 Å². The first-order valence-corrected chi connectivity index (χ1v) is 4.30. The summed E-state index contributed by atoms with van der Waals surface area (Å²) in [5.74, 6) is 0.417. The number of hydrogen-bond acceptors (Lipinski definition) is 3. The van der Waals surface area contributed by atoms with Crippen molar-refractivity contribution < 1.29 is 14.3 Å². The number of primary amides is 1. The van der Waals surface area contributed by atoms with E-state index in [1.165, 1.54) is 0 Å². The molecule has 0 saturated heterocycles. The van der Waals surface area contributed by atoms with Gasteiger partial charge in [-0.2, -0.15) is 0 Å². The number of hydrogen-bond donors (Lipinski definition) is 3. The van der Waals surface area contributed by atoms with Crippen LogP contribution in [0.3, 0.4) is 0 Å². The molecule has 15 heavy (non-hydrogen) atoms. The van der Waals surface area contributed by atoms with Crippen LogP contribution in [0.4, 0.5) is 9.59 Å². The first-order chi connectivity index (χ1) is 7.16. The van der Waals surface area contributed by atoms with Crippen molar-refractivity contribution in [3.05, 3.63) is 29.8 Å². The van der Waals surface area contributed by atoms with E-state index >= 15 is 0 Å². The van der Waals surface area contributed by atoms with Gasteiger partial charge in [-0.15, -0.1) is 0 Å². The monoisotopic (exact) mass is 207 g/mol. The van der Waals surface area contributed by atoms with Gasteiger partial charge in [0.05, 0.1) is 0 Å². The van der Waals surface area contributed by atoms with Gasteiger partial charge in [0.2, 0.25) is 0 Å². The van der Waals surface area contributed by atoms with Gasteiger partial charge in [-0.1, -0.05) is 18.2 Å². The van der Waals surface area contributed by atoms with Crippen LogP contribution in [0.2, 0.25) is 0 Å². The molecule has 2 rings (SSSR count). The second-order valence-corrected chi connectivity index (χ2v) is 3.01. The zero-order valence-electron chi connectivity index (χ0n) is 7.69. The highest BCUT2D eigenvalue weighted by Crippen LogP contribution is 2.26. The summed E-state index contributed by atoms with van der Waals surface area (Å²) in [6, 6.07) is 6.17. The van der Waals surface area contributed by atoms with Gasteiger partial charge in [0, 0.05) is 5.56 Å². The number of carbonyl (C=O) groups excluding carboxylic acids is 2. The fraction of sp³-hybridized carbons (Fsp3) is 0.111. The first kappa shape index (κ1) is 9.32. The molecule has 4 N–H and O–H groups in total. The van der Waals surface area contributed by atoms with Crippen LogP contribution in [-0.4, -0.2) is 12.1 Å². The van der Waals surface area contributed by atoms with Crippen LogP contribution in [0.15, 0.2) is 24.3 Å². The summed E-state index contributed by atoms with van der Waals surface area (Å²) < 4.78 is 4.90. The molecule has 78 valence electrons. The second kappa shape index (κ2) is 3.49. The molecule has 1 atom stereocenters. The van der Waals surface area contributed by atoms with Crippen molar-refractivity contribution in [3.63, 3.8) is 0 Å². The number of nitrogens with one attached hydrogen (secondary N) is 2. The van der Waals surface area contributed by atoms with Crippen LogP contribution < -0.4 is 21.1 Å². The van der Waals surface area contributed by atoms with Gasteiger partial charge in [-0.3, -0.25) is 5.32 Å². The summed E-state index contributed by atoms with van der Waals surface area (Å²) >= 11 is 0. The zero-order valence-corrected chi connectivity index (χ0v) is 7.69. The fourth-order valence-corrected chi connectivity index (χ4v) is 1.39. The second-order valence-electron chi connectivity index (χ2n) is 3.01. The predicted molar refractivity (Wildman–Crippen MR) is 51.1 cm³/mol. The van der Waals surface area contributed by atoms with E-state index < -0.39 is 18.3 Å². The van der Waals surface area contributed by atoms with Crippen LogP contribution in [0.1, 0.15) is 11.7 Å². The van der Waals surface area contributed by atoms with Crippen molar-refractivity contribution in [3.8, 4) is 5.75 Å². The van der Waals surface area contributed by atoms with Crippen molar-refractivity contribution in [2.45, 2.75) is 6.17 Å². The minimum atomic E-state index is -0.711. The summed E-state index contributed by atoms with van der Waals surface area (Å²) in [4.78, 5) is 21.8. The number of amides is 3. The normalized spacial score (nSPS) is 18.4. The number of benzene rings is 1. The van der Waals surface area contributed by atoms with Crippen molar-refractivity contribution >= 4 is 12.1 Å². The third kappa shape index (κ3) is 1.83. The quantitative estimate of drug-likeness (QED) is 0.624. The molecule has 1 heterocycles. The van der Waals surface area contributed by atoms with Crippen LogP contribution in [0, 0.1) is 0 Å². The summed E-state index contributed by atoms with van der Waals surface area (Å²) in [5.41, 5.74) is 5.65. The molecular formula is C9H9N3O3. The maximum atomic E-state index is 11.1. The van der Waals surface area contributed by atoms with Gasteiger partial charge in [0.15, 0.2) is 0 Å². The molecule has 0 saturated carbocycles. The molecule has 1 aromatic carbocycles. The minimum absolute atomic E-state index is 0.417. The highest BCUT2D eigenvalue weighted by molar-refractivity contribution is 5.77. The lowest BCUT2D eigenvalue weighted by Gasteiger charge is -2.25. The average molecular weight is 207 g/mol. The predicted octanol–water partition coefficient (Wildman–Crippen LogP) is 0.455. The smallest absolute Gasteiger partial charge is 0.410 e. The third-order valence-corrected chi connectivity index (χ3v) is 1.98. The maximum Gasteiger partial charge on any atom is 0.414 e. The largest absolute Gasteiger partial charge is 0.414 e. The molecule has 0 bridgehead atoms. The minimum Gasteiger partial charge on any atom is -0.410 e. The lowest BCUT2D eigenvalue weighted by molar-refractivity contribution is 0.184. The van der Waals surface area contributed by atoms with Crippen molar-refractivity contribution in [1.82, 2.24) is 10.6 Å². The van der Waals surface area contributed by atoms with Crippen LogP contribution in [-0.2, 0) is 0 Å². The molecule has 6 heteroatoms. The summed E-state index contributed by atoms with van der Waals surface area (Å²) in [6.45, 7) is 0. The van der Waals surface area contributed by atoms with Gasteiger partial charge in [-0.05, 0) is 6.07 Å². The highest BCUT2D eigenvalue weighted by atomic mass is 16.6. The number of nitrogens with two attached hydrogens (primary N) is 1. The number of fused-ring (bicyclic) bond motifs is 1. The molecule has 1 aromatic rings. The van der Waals surface area contributed by atoms with Crippen LogP contribution >= 0.6 is 0 Å². The summed E-state index contributed by atoms with van der Waals surface area (Å²) in [7, 11) is 0. The number of para-hydroxylation sites is 1. The van der Waals surface area contributed by atoms with Gasteiger partial charge >= 0.3 is 12.1 Å². The Hall–Kier alpha value is -2.24. The lowest BCUT2D eigenvalue weighted by Crippen LogP contribution is -2.46. The maximum absolute atomic E-state index is 11.1. The Labute approximate surface area is 85.4 Å². The van der Waals surface area contributed by atoms with E-state index in [1.54, 1.807) is 24.3 Å². The average Bonchev–Trinajstić information content (AvgIpc) is 2.16. The molecule has 0 fully saturated rings. The highest BCUT2D eigenvalue weighted by Gasteiger charge is 2.25. The van der Waals surface area contributed by atoms with E-state index in [2.05, 4.69) is 10.6 Å². The Morgan fingerprint density at radius 1 is 1.47 bits per heavy atom. The molecule has 0 aliphatic carbocycles. The Kier molecular flexibility index (Phi) is 2.17. The molecule has 1 aliphatic rings. The third-order valence-electron chi connectivity index (χ3n) is 1.98. The van der Waals surface area contributed by atoms with E-state index in [9.17, 15) is 9.59 Å². The molecule has 0 unspecified atom stereocenters. The van der Waals surface area contributed by atoms with E-state index in [-0.39, 0.29) is 0 Å². The molecule has 0 radical (unpaired) electrons. The number of ether oxygens (including phenoxy) is 1. The zero-order chi connectivity index (χ0) is 10.8. The molecule has 3 amide bonds. The van der Waals surface area contributed by atoms with Crippen molar-refractivity contribution in [2.24, 2.45) is 5.73 Å². The Morgan fingerprint density at radius 3 is 2.93 bits per heavy atom. The molecule has 6 nitrogen and oxygen atoms in total. The van der Waals surface area contributed by atoms with Gasteiger partial charge < -0.3 is 15.8 Å². The molecule has 0 spiro atoms. The van der Waals surface area contributed by atoms with E-state index in [1.807, 2.05) is 0 Å². The van der Waals surface area contributed by atoms with Gasteiger partial charge in [-0.25, -0.2) is 9.59 Å². The molecule has 0 aromatic heterocycles. The van der Waals surface area contributed by atoms with Crippen molar-refractivity contribution in [1.29, 1.82) is 0 Å². The van der Waals surface area contributed by atoms with Crippen molar-refractivity contribution in [2.75, 3.05) is 0 Å². The Morgan fingerprint density at radius 2 is 2.20 bits per heavy atom. The van der Waals surface area contributed by atoms with E-state index in [4.69, 9.17) is 10.5 Å². The fourth-order valence-electron chi connectivity index (χ4n) is 1.39. The van der Waals surface area contributed by atoms with Crippen LogP contribution in [0.25, 0.3) is 0 Å². The summed E-state index contributed by atoms with van der Waals surface area (Å²) in [5, 5.41) is 4.83. The Balaban J connectivity index is 2.33. The van der Waals surface area contributed by atoms with Gasteiger partial charge in [0.25, 0.3) is 0 Å².